The van der Waals surface area contributed by atoms with Crippen LogP contribution in [0.1, 0.15) is 31.9 Å². The van der Waals surface area contributed by atoms with Crippen molar-refractivity contribution in [1.29, 1.82) is 0 Å². The Hall–Kier alpha value is -1.02. The molecule has 0 unspecified atom stereocenters. The predicted molar refractivity (Wildman–Crippen MR) is 69.2 cm³/mol. The van der Waals surface area contributed by atoms with Gasteiger partial charge in [-0.1, -0.05) is 6.07 Å². The van der Waals surface area contributed by atoms with E-state index in [-0.39, 0.29) is 5.54 Å². The molecular weight excluding hydrogens is 198 g/mol. The van der Waals surface area contributed by atoms with E-state index in [0.717, 1.165) is 18.8 Å². The summed E-state index contributed by atoms with van der Waals surface area (Å²) < 4.78 is 5.48. The van der Waals surface area contributed by atoms with E-state index in [4.69, 9.17) is 4.74 Å². The molecule has 1 aromatic carbocycles. The molecule has 90 valence electrons. The molecule has 0 radical (unpaired) electrons. The second-order valence-electron chi connectivity index (χ2n) is 4.83. The fourth-order valence-corrected chi connectivity index (χ4v) is 1.69. The molecule has 0 amide bonds. The van der Waals surface area contributed by atoms with E-state index in [9.17, 15) is 0 Å². The molecule has 1 N–H and O–H groups in total. The molecule has 2 nitrogen and oxygen atoms in total. The lowest BCUT2D eigenvalue weighted by atomic mass is 9.92. The monoisotopic (exact) mass is 221 g/mol. The summed E-state index contributed by atoms with van der Waals surface area (Å²) in [5.74, 6) is 0.964. The van der Waals surface area contributed by atoms with Crippen molar-refractivity contribution in [2.45, 2.75) is 39.7 Å². The van der Waals surface area contributed by atoms with Crippen molar-refractivity contribution in [1.82, 2.24) is 5.32 Å². The van der Waals surface area contributed by atoms with Gasteiger partial charge in [0.2, 0.25) is 0 Å². The Labute approximate surface area is 99.0 Å². The van der Waals surface area contributed by atoms with E-state index in [1.807, 2.05) is 14.0 Å². The average Bonchev–Trinajstić information content (AvgIpc) is 2.23. The molecule has 1 rings (SSSR count). The zero-order valence-corrected chi connectivity index (χ0v) is 11.1. The van der Waals surface area contributed by atoms with Gasteiger partial charge >= 0.3 is 0 Å². The SMILES string of the molecule is CCOc1ccc(CC(C)(C)NC)c(C)c1. The van der Waals surface area contributed by atoms with Crippen LogP contribution in [0.5, 0.6) is 5.75 Å². The highest BCUT2D eigenvalue weighted by Gasteiger charge is 2.16. The first-order chi connectivity index (χ1) is 7.48. The lowest BCUT2D eigenvalue weighted by Crippen LogP contribution is -2.38. The molecule has 0 aliphatic rings. The van der Waals surface area contributed by atoms with Crippen molar-refractivity contribution in [2.24, 2.45) is 0 Å². The maximum Gasteiger partial charge on any atom is 0.119 e. The Morgan fingerprint density at radius 1 is 1.31 bits per heavy atom. The Morgan fingerprint density at radius 2 is 2.00 bits per heavy atom. The number of nitrogens with one attached hydrogen (secondary N) is 1. The van der Waals surface area contributed by atoms with Gasteiger partial charge in [-0.3, -0.25) is 0 Å². The second kappa shape index (κ2) is 5.35. The van der Waals surface area contributed by atoms with Crippen molar-refractivity contribution >= 4 is 0 Å². The fourth-order valence-electron chi connectivity index (χ4n) is 1.69. The second-order valence-corrected chi connectivity index (χ2v) is 4.83. The Balaban J connectivity index is 2.83. The molecular formula is C14H23NO. The number of rotatable bonds is 5. The smallest absolute Gasteiger partial charge is 0.119 e. The molecule has 2 heteroatoms. The summed E-state index contributed by atoms with van der Waals surface area (Å²) >= 11 is 0. The quantitative estimate of drug-likeness (QED) is 0.825. The zero-order valence-electron chi connectivity index (χ0n) is 11.1. The Morgan fingerprint density at radius 3 is 2.50 bits per heavy atom. The Bertz CT molecular complexity index is 345. The first kappa shape index (κ1) is 13.0. The minimum atomic E-state index is 0.137. The van der Waals surface area contributed by atoms with Crippen LogP contribution in [0.2, 0.25) is 0 Å². The summed E-state index contributed by atoms with van der Waals surface area (Å²) in [5.41, 5.74) is 2.81. The molecule has 0 saturated carbocycles. The molecule has 0 fully saturated rings. The number of hydrogen-bond acceptors (Lipinski definition) is 2. The third-order valence-electron chi connectivity index (χ3n) is 2.93. The minimum absolute atomic E-state index is 0.137. The molecule has 0 spiro atoms. The number of likely N-dealkylation sites (N-methyl/N-ethyl adjacent to an activating group) is 1. The lowest BCUT2D eigenvalue weighted by molar-refractivity contribution is 0.339. The fraction of sp³-hybridized carbons (Fsp3) is 0.571. The third kappa shape index (κ3) is 3.53. The van der Waals surface area contributed by atoms with Gasteiger partial charge in [0.1, 0.15) is 5.75 Å². The van der Waals surface area contributed by atoms with E-state index in [1.54, 1.807) is 0 Å². The van der Waals surface area contributed by atoms with Crippen molar-refractivity contribution in [3.63, 3.8) is 0 Å². The molecule has 0 aromatic heterocycles. The van der Waals surface area contributed by atoms with Crippen molar-refractivity contribution in [3.05, 3.63) is 29.3 Å². The van der Waals surface area contributed by atoms with Gasteiger partial charge in [-0.2, -0.15) is 0 Å². The van der Waals surface area contributed by atoms with Gasteiger partial charge in [-0.25, -0.2) is 0 Å². The summed E-state index contributed by atoms with van der Waals surface area (Å²) in [5, 5.41) is 3.33. The summed E-state index contributed by atoms with van der Waals surface area (Å²) in [6, 6.07) is 6.33. The highest BCUT2D eigenvalue weighted by Crippen LogP contribution is 2.21. The van der Waals surface area contributed by atoms with Crippen molar-refractivity contribution < 1.29 is 4.74 Å². The van der Waals surface area contributed by atoms with Crippen LogP contribution < -0.4 is 10.1 Å². The first-order valence-corrected chi connectivity index (χ1v) is 5.90. The molecule has 0 aliphatic heterocycles. The maximum absolute atomic E-state index is 5.48. The summed E-state index contributed by atoms with van der Waals surface area (Å²) in [6.45, 7) is 9.30. The van der Waals surface area contributed by atoms with E-state index >= 15 is 0 Å². The number of ether oxygens (including phenoxy) is 1. The van der Waals surface area contributed by atoms with Gasteiger partial charge in [0.25, 0.3) is 0 Å². The van der Waals surface area contributed by atoms with Crippen LogP contribution in [0, 0.1) is 6.92 Å². The highest BCUT2D eigenvalue weighted by atomic mass is 16.5. The molecule has 0 heterocycles. The number of aryl methyl sites for hydroxylation is 1. The first-order valence-electron chi connectivity index (χ1n) is 5.90. The molecule has 16 heavy (non-hydrogen) atoms. The van der Waals surface area contributed by atoms with E-state index in [0.29, 0.717) is 0 Å². The van der Waals surface area contributed by atoms with Gasteiger partial charge in [0, 0.05) is 5.54 Å². The number of hydrogen-bond donors (Lipinski definition) is 1. The van der Waals surface area contributed by atoms with E-state index < -0.39 is 0 Å². The van der Waals surface area contributed by atoms with Gasteiger partial charge in [-0.15, -0.1) is 0 Å². The predicted octanol–water partition coefficient (Wildman–Crippen LogP) is 2.93. The van der Waals surface area contributed by atoms with E-state index in [2.05, 4.69) is 44.3 Å². The van der Waals surface area contributed by atoms with Gasteiger partial charge in [0.15, 0.2) is 0 Å². The topological polar surface area (TPSA) is 21.3 Å². The van der Waals surface area contributed by atoms with Crippen molar-refractivity contribution in [3.8, 4) is 5.75 Å². The molecule has 0 bridgehead atoms. The van der Waals surface area contributed by atoms with Crippen LogP contribution >= 0.6 is 0 Å². The third-order valence-corrected chi connectivity index (χ3v) is 2.93. The van der Waals surface area contributed by atoms with Crippen molar-refractivity contribution in [2.75, 3.05) is 13.7 Å². The Kier molecular flexibility index (Phi) is 4.36. The van der Waals surface area contributed by atoms with E-state index in [1.165, 1.54) is 11.1 Å². The van der Waals surface area contributed by atoms with Crippen LogP contribution in [0.25, 0.3) is 0 Å². The van der Waals surface area contributed by atoms with Crippen LogP contribution in [0.3, 0.4) is 0 Å². The van der Waals surface area contributed by atoms with Crippen LogP contribution in [0.4, 0.5) is 0 Å². The lowest BCUT2D eigenvalue weighted by Gasteiger charge is -2.25. The summed E-state index contributed by atoms with van der Waals surface area (Å²) in [4.78, 5) is 0. The van der Waals surface area contributed by atoms with Crippen LogP contribution in [-0.4, -0.2) is 19.2 Å². The summed E-state index contributed by atoms with van der Waals surface area (Å²) in [6.07, 6.45) is 1.03. The van der Waals surface area contributed by atoms with Gasteiger partial charge in [-0.05, 0) is 64.4 Å². The van der Waals surface area contributed by atoms with Crippen LogP contribution in [0.15, 0.2) is 18.2 Å². The molecule has 0 atom stereocenters. The largest absolute Gasteiger partial charge is 0.494 e. The summed E-state index contributed by atoms with van der Waals surface area (Å²) in [7, 11) is 2.00. The normalized spacial score (nSPS) is 11.6. The number of benzene rings is 1. The molecule has 1 aromatic rings. The van der Waals surface area contributed by atoms with Gasteiger partial charge < -0.3 is 10.1 Å². The molecule has 0 saturated heterocycles. The van der Waals surface area contributed by atoms with Gasteiger partial charge in [0.05, 0.1) is 6.61 Å². The highest BCUT2D eigenvalue weighted by molar-refractivity contribution is 5.35. The standard InChI is InChI=1S/C14H23NO/c1-6-16-13-8-7-12(11(2)9-13)10-14(3,4)15-5/h7-9,15H,6,10H2,1-5H3. The van der Waals surface area contributed by atoms with Crippen LogP contribution in [-0.2, 0) is 6.42 Å². The maximum atomic E-state index is 5.48. The molecule has 0 aliphatic carbocycles. The minimum Gasteiger partial charge on any atom is -0.494 e. The average molecular weight is 221 g/mol. The zero-order chi connectivity index (χ0) is 12.2.